The molecule has 2 fully saturated rings. The van der Waals surface area contributed by atoms with E-state index in [0.29, 0.717) is 50.0 Å². The van der Waals surface area contributed by atoms with E-state index in [2.05, 4.69) is 41.3 Å². The molecular weight excluding hydrogens is 494 g/mol. The maximum absolute atomic E-state index is 13.5. The first kappa shape index (κ1) is 26.6. The lowest BCUT2D eigenvalue weighted by molar-refractivity contribution is 0.0303. The monoisotopic (exact) mass is 529 g/mol. The summed E-state index contributed by atoms with van der Waals surface area (Å²) in [4.78, 5) is 38.8. The number of rotatable bonds is 6. The smallest absolute Gasteiger partial charge is 0.254 e. The Morgan fingerprint density at radius 3 is 2.51 bits per heavy atom. The van der Waals surface area contributed by atoms with Gasteiger partial charge < -0.3 is 31.3 Å². The lowest BCUT2D eigenvalue weighted by Gasteiger charge is -2.31. The first-order chi connectivity index (χ1) is 18.8. The molecule has 3 aromatic rings. The minimum atomic E-state index is -0.644. The third kappa shape index (κ3) is 5.86. The van der Waals surface area contributed by atoms with E-state index in [4.69, 9.17) is 16.2 Å². The first-order valence-corrected chi connectivity index (χ1v) is 13.3. The third-order valence-corrected chi connectivity index (χ3v) is 7.29. The number of primary amides is 1. The van der Waals surface area contributed by atoms with E-state index in [9.17, 15) is 9.59 Å². The highest BCUT2D eigenvalue weighted by molar-refractivity contribution is 6.00. The summed E-state index contributed by atoms with van der Waals surface area (Å²) in [5, 5.41) is 3.29. The molecule has 10 nitrogen and oxygen atoms in total. The topological polar surface area (TPSA) is 140 Å². The molecule has 2 amide bonds. The van der Waals surface area contributed by atoms with Crippen molar-refractivity contribution in [2.75, 3.05) is 49.6 Å². The number of piperidine rings is 1. The fraction of sp³-hybridized carbons (Fsp3) is 0.379. The molecular formula is C29H35N7O3. The first-order valence-electron chi connectivity index (χ1n) is 13.3. The average Bonchev–Trinajstić information content (AvgIpc) is 2.93. The number of benzene rings is 2. The van der Waals surface area contributed by atoms with E-state index in [1.165, 1.54) is 6.20 Å². The van der Waals surface area contributed by atoms with Crippen LogP contribution in [0.2, 0.25) is 0 Å². The Labute approximate surface area is 228 Å². The summed E-state index contributed by atoms with van der Waals surface area (Å²) in [7, 11) is 0. The molecule has 0 saturated carbocycles. The van der Waals surface area contributed by atoms with Crippen LogP contribution in [0.25, 0.3) is 11.1 Å². The fourth-order valence-electron chi connectivity index (χ4n) is 5.32. The van der Waals surface area contributed by atoms with Gasteiger partial charge in [0.15, 0.2) is 0 Å². The molecule has 39 heavy (non-hydrogen) atoms. The number of hydrogen-bond donors (Lipinski definition) is 3. The molecule has 0 radical (unpaired) electrons. The van der Waals surface area contributed by atoms with Crippen molar-refractivity contribution < 1.29 is 14.3 Å². The van der Waals surface area contributed by atoms with Crippen LogP contribution in [0.1, 0.15) is 44.7 Å². The Hall–Kier alpha value is -4.02. The van der Waals surface area contributed by atoms with Crippen LogP contribution < -0.4 is 21.7 Å². The molecule has 2 aliphatic rings. The lowest BCUT2D eigenvalue weighted by atomic mass is 9.94. The largest absolute Gasteiger partial charge is 0.378 e. The predicted octanol–water partition coefficient (Wildman–Crippen LogP) is 3.00. The van der Waals surface area contributed by atoms with Crippen LogP contribution in [0.3, 0.4) is 0 Å². The summed E-state index contributed by atoms with van der Waals surface area (Å²) in [6, 6.07) is 11.8. The Morgan fingerprint density at radius 2 is 1.82 bits per heavy atom. The molecule has 0 unspecified atom stereocenters. The number of amides is 2. The standard InChI is InChI=1S/C29H35N7O3/c1-18-5-3-6-19(2)25(18)20-13-21(28(38)35-9-11-39-12-10-35)15-23(14-20)33-27-24(26(31)37)16-32-29(34-27)36-8-4-7-22(30)17-36/h3,5-6,13-16,22H,4,7-12,17,30H2,1-2H3,(H2,31,37)(H,32,33,34)/t22-/m0/s1. The number of morpholine rings is 1. The van der Waals surface area contributed by atoms with Gasteiger partial charge in [-0.15, -0.1) is 0 Å². The summed E-state index contributed by atoms with van der Waals surface area (Å²) in [5.74, 6) is 0.0494. The summed E-state index contributed by atoms with van der Waals surface area (Å²) in [6.07, 6.45) is 3.34. The van der Waals surface area contributed by atoms with Crippen LogP contribution in [0, 0.1) is 13.8 Å². The van der Waals surface area contributed by atoms with Gasteiger partial charge in [-0.3, -0.25) is 9.59 Å². The average molecular weight is 530 g/mol. The van der Waals surface area contributed by atoms with Gasteiger partial charge in [-0.1, -0.05) is 18.2 Å². The Kier molecular flexibility index (Phi) is 7.76. The van der Waals surface area contributed by atoms with Gasteiger partial charge >= 0.3 is 0 Å². The van der Waals surface area contributed by atoms with Crippen molar-refractivity contribution in [2.45, 2.75) is 32.7 Å². The van der Waals surface area contributed by atoms with Crippen molar-refractivity contribution in [1.29, 1.82) is 0 Å². The highest BCUT2D eigenvalue weighted by Gasteiger charge is 2.23. The van der Waals surface area contributed by atoms with Crippen molar-refractivity contribution in [3.63, 3.8) is 0 Å². The van der Waals surface area contributed by atoms with Crippen molar-refractivity contribution in [3.8, 4) is 11.1 Å². The second-order valence-corrected chi connectivity index (χ2v) is 10.2. The van der Waals surface area contributed by atoms with Crippen molar-refractivity contribution in [2.24, 2.45) is 11.5 Å². The molecule has 0 spiro atoms. The normalized spacial score (nSPS) is 17.7. The quantitative estimate of drug-likeness (QED) is 0.443. The van der Waals surface area contributed by atoms with Gasteiger partial charge in [0.05, 0.1) is 13.2 Å². The Bertz CT molecular complexity index is 1370. The predicted molar refractivity (Wildman–Crippen MR) is 151 cm³/mol. The zero-order chi connectivity index (χ0) is 27.5. The highest BCUT2D eigenvalue weighted by Crippen LogP contribution is 2.32. The van der Waals surface area contributed by atoms with Crippen LogP contribution in [0.15, 0.2) is 42.6 Å². The number of ether oxygens (including phenoxy) is 1. The van der Waals surface area contributed by atoms with Crippen molar-refractivity contribution in [1.82, 2.24) is 14.9 Å². The minimum Gasteiger partial charge on any atom is -0.378 e. The van der Waals surface area contributed by atoms with Crippen LogP contribution in [0.4, 0.5) is 17.5 Å². The van der Waals surface area contributed by atoms with E-state index in [1.54, 1.807) is 11.0 Å². The van der Waals surface area contributed by atoms with Gasteiger partial charge in [0, 0.05) is 49.7 Å². The van der Waals surface area contributed by atoms with E-state index >= 15 is 0 Å². The molecule has 10 heteroatoms. The summed E-state index contributed by atoms with van der Waals surface area (Å²) < 4.78 is 5.44. The number of hydrogen-bond acceptors (Lipinski definition) is 8. The molecule has 204 valence electrons. The van der Waals surface area contributed by atoms with E-state index < -0.39 is 5.91 Å². The minimum absolute atomic E-state index is 0.0392. The lowest BCUT2D eigenvalue weighted by Crippen LogP contribution is -2.43. The molecule has 2 saturated heterocycles. The molecule has 5 rings (SSSR count). The summed E-state index contributed by atoms with van der Waals surface area (Å²) >= 11 is 0. The molecule has 0 aliphatic carbocycles. The number of nitrogens with two attached hydrogens (primary N) is 2. The van der Waals surface area contributed by atoms with Crippen LogP contribution in [0.5, 0.6) is 0 Å². The zero-order valence-corrected chi connectivity index (χ0v) is 22.4. The van der Waals surface area contributed by atoms with Gasteiger partial charge in [-0.25, -0.2) is 4.98 Å². The summed E-state index contributed by atoms with van der Waals surface area (Å²) in [5.41, 5.74) is 17.3. The maximum Gasteiger partial charge on any atom is 0.254 e. The van der Waals surface area contributed by atoms with Crippen molar-refractivity contribution in [3.05, 3.63) is 64.8 Å². The molecule has 1 aromatic heterocycles. The third-order valence-electron chi connectivity index (χ3n) is 7.29. The maximum atomic E-state index is 13.5. The number of carbonyl (C=O) groups excluding carboxylic acids is 2. The Balaban J connectivity index is 1.57. The highest BCUT2D eigenvalue weighted by atomic mass is 16.5. The fourth-order valence-corrected chi connectivity index (χ4v) is 5.32. The zero-order valence-electron chi connectivity index (χ0n) is 22.4. The number of carbonyl (C=O) groups is 2. The molecule has 5 N–H and O–H groups in total. The molecule has 2 aromatic carbocycles. The SMILES string of the molecule is Cc1cccc(C)c1-c1cc(Nc2nc(N3CCC[C@H](N)C3)ncc2C(N)=O)cc(C(=O)N2CCOCC2)c1. The van der Waals surface area contributed by atoms with E-state index in [0.717, 1.165) is 41.6 Å². The second kappa shape index (κ2) is 11.4. The Morgan fingerprint density at radius 1 is 1.08 bits per heavy atom. The van der Waals surface area contributed by atoms with E-state index in [-0.39, 0.29) is 23.3 Å². The second-order valence-electron chi connectivity index (χ2n) is 10.2. The van der Waals surface area contributed by atoms with Gasteiger partial charge in [-0.2, -0.15) is 4.98 Å². The van der Waals surface area contributed by atoms with Crippen LogP contribution >= 0.6 is 0 Å². The van der Waals surface area contributed by atoms with Crippen LogP contribution in [-0.2, 0) is 4.74 Å². The van der Waals surface area contributed by atoms with Gasteiger partial charge in [-0.05, 0) is 67.1 Å². The number of nitrogens with zero attached hydrogens (tertiary/aromatic N) is 4. The molecule has 1 atom stereocenters. The number of aryl methyl sites for hydroxylation is 2. The van der Waals surface area contributed by atoms with Crippen molar-refractivity contribution >= 4 is 29.3 Å². The molecule has 2 aliphatic heterocycles. The van der Waals surface area contributed by atoms with E-state index in [1.807, 2.05) is 23.1 Å². The number of aromatic nitrogens is 2. The summed E-state index contributed by atoms with van der Waals surface area (Å²) in [6.45, 7) is 7.62. The number of anilines is 3. The van der Waals surface area contributed by atoms with Gasteiger partial charge in [0.1, 0.15) is 11.4 Å². The molecule has 3 heterocycles. The van der Waals surface area contributed by atoms with Gasteiger partial charge in [0.2, 0.25) is 5.95 Å². The van der Waals surface area contributed by atoms with Gasteiger partial charge in [0.25, 0.3) is 11.8 Å². The van der Waals surface area contributed by atoms with Crippen LogP contribution in [-0.4, -0.2) is 72.1 Å². The number of nitrogens with one attached hydrogen (secondary N) is 1. The molecule has 0 bridgehead atoms.